The highest BCUT2D eigenvalue weighted by Gasteiger charge is 2.21. The van der Waals surface area contributed by atoms with Crippen molar-refractivity contribution in [3.63, 3.8) is 0 Å². The molecule has 0 fully saturated rings. The van der Waals surface area contributed by atoms with E-state index in [1.807, 2.05) is 0 Å². The Labute approximate surface area is 111 Å². The Balaban J connectivity index is 3.04. The molecule has 0 aliphatic carbocycles. The predicted octanol–water partition coefficient (Wildman–Crippen LogP) is 3.46. The third-order valence-electron chi connectivity index (χ3n) is 3.62. The van der Waals surface area contributed by atoms with Crippen molar-refractivity contribution in [1.29, 1.82) is 0 Å². The normalized spacial score (nSPS) is 11.4. The Morgan fingerprint density at radius 3 is 2.17 bits per heavy atom. The zero-order valence-corrected chi connectivity index (χ0v) is 12.3. The first-order chi connectivity index (χ1) is 8.60. The van der Waals surface area contributed by atoms with Crippen LogP contribution in [0.2, 0.25) is 0 Å². The Hall–Kier alpha value is -1.32. The van der Waals surface area contributed by atoms with Crippen LogP contribution in [0, 0.1) is 0 Å². The molecule has 1 aromatic heterocycles. The van der Waals surface area contributed by atoms with Crippen molar-refractivity contribution in [3.05, 3.63) is 11.9 Å². The molecule has 0 atom stereocenters. The summed E-state index contributed by atoms with van der Waals surface area (Å²) in [6.45, 7) is 11.7. The molecule has 0 aliphatic heterocycles. The minimum Gasteiger partial charge on any atom is -0.370 e. The fourth-order valence-corrected chi connectivity index (χ4v) is 1.89. The maximum atomic E-state index is 4.41. The maximum Gasteiger partial charge on any atom is 0.135 e. The summed E-state index contributed by atoms with van der Waals surface area (Å²) in [7, 11) is 0. The van der Waals surface area contributed by atoms with Gasteiger partial charge in [0.1, 0.15) is 18.0 Å². The summed E-state index contributed by atoms with van der Waals surface area (Å²) < 4.78 is 0. The van der Waals surface area contributed by atoms with Gasteiger partial charge in [-0.15, -0.1) is 0 Å². The lowest BCUT2D eigenvalue weighted by atomic mass is 9.95. The fourth-order valence-electron chi connectivity index (χ4n) is 1.89. The molecule has 2 N–H and O–H groups in total. The third-order valence-corrected chi connectivity index (χ3v) is 3.62. The van der Waals surface area contributed by atoms with Gasteiger partial charge in [-0.25, -0.2) is 9.97 Å². The third kappa shape index (κ3) is 3.34. The van der Waals surface area contributed by atoms with Crippen molar-refractivity contribution in [2.24, 2.45) is 0 Å². The highest BCUT2D eigenvalue weighted by molar-refractivity contribution is 5.58. The molecule has 1 rings (SSSR count). The average Bonchev–Trinajstić information content (AvgIpc) is 2.39. The number of nitrogens with zero attached hydrogens (tertiary/aromatic N) is 2. The Morgan fingerprint density at radius 2 is 1.67 bits per heavy atom. The van der Waals surface area contributed by atoms with Gasteiger partial charge in [0.2, 0.25) is 0 Å². The Morgan fingerprint density at radius 1 is 1.06 bits per heavy atom. The van der Waals surface area contributed by atoms with Gasteiger partial charge in [0.25, 0.3) is 0 Å². The van der Waals surface area contributed by atoms with Gasteiger partial charge in [0, 0.05) is 17.6 Å². The van der Waals surface area contributed by atoms with E-state index in [1.54, 1.807) is 6.33 Å². The quantitative estimate of drug-likeness (QED) is 0.778. The summed E-state index contributed by atoms with van der Waals surface area (Å²) in [6.07, 6.45) is 4.71. The first-order valence-electron chi connectivity index (χ1n) is 6.96. The van der Waals surface area contributed by atoms with Gasteiger partial charge < -0.3 is 10.6 Å². The van der Waals surface area contributed by atoms with Crippen LogP contribution >= 0.6 is 0 Å². The number of anilines is 2. The molecule has 1 heterocycles. The highest BCUT2D eigenvalue weighted by Crippen LogP contribution is 2.26. The molecule has 4 nitrogen and oxygen atoms in total. The molecule has 0 unspecified atom stereocenters. The second kappa shape index (κ2) is 6.57. The van der Waals surface area contributed by atoms with Crippen molar-refractivity contribution >= 4 is 11.6 Å². The molecule has 0 amide bonds. The molecule has 0 bridgehead atoms. The first-order valence-corrected chi connectivity index (χ1v) is 6.96. The zero-order chi connectivity index (χ0) is 13.6. The summed E-state index contributed by atoms with van der Waals surface area (Å²) >= 11 is 0. The number of aromatic nitrogens is 2. The van der Waals surface area contributed by atoms with Crippen LogP contribution in [0.15, 0.2) is 6.33 Å². The molecule has 0 radical (unpaired) electrons. The summed E-state index contributed by atoms with van der Waals surface area (Å²) in [4.78, 5) is 8.73. The first kappa shape index (κ1) is 14.7. The SMILES string of the molecule is CCNc1ncnc(NC(C)(CC)CC)c1CC. The predicted molar refractivity (Wildman–Crippen MR) is 78.2 cm³/mol. The van der Waals surface area contributed by atoms with E-state index in [-0.39, 0.29) is 5.54 Å². The zero-order valence-electron chi connectivity index (χ0n) is 12.3. The minimum absolute atomic E-state index is 0.0990. The number of nitrogens with one attached hydrogen (secondary N) is 2. The van der Waals surface area contributed by atoms with Crippen LogP contribution < -0.4 is 10.6 Å². The van der Waals surface area contributed by atoms with Crippen molar-refractivity contribution in [3.8, 4) is 0 Å². The van der Waals surface area contributed by atoms with Crippen LogP contribution in [-0.4, -0.2) is 22.1 Å². The number of hydrogen-bond donors (Lipinski definition) is 2. The molecular formula is C14H26N4. The van der Waals surface area contributed by atoms with E-state index >= 15 is 0 Å². The van der Waals surface area contributed by atoms with Crippen LogP contribution in [0.25, 0.3) is 0 Å². The average molecular weight is 250 g/mol. The molecule has 102 valence electrons. The Bertz CT molecular complexity index is 372. The van der Waals surface area contributed by atoms with Crippen LogP contribution in [0.4, 0.5) is 11.6 Å². The van der Waals surface area contributed by atoms with Gasteiger partial charge in [-0.1, -0.05) is 20.8 Å². The lowest BCUT2D eigenvalue weighted by Crippen LogP contribution is -2.34. The van der Waals surface area contributed by atoms with Crippen LogP contribution in [0.5, 0.6) is 0 Å². The summed E-state index contributed by atoms with van der Waals surface area (Å²) in [5.74, 6) is 1.92. The second-order valence-electron chi connectivity index (χ2n) is 4.83. The molecule has 18 heavy (non-hydrogen) atoms. The topological polar surface area (TPSA) is 49.8 Å². The summed E-state index contributed by atoms with van der Waals surface area (Å²) in [6, 6.07) is 0. The van der Waals surface area contributed by atoms with E-state index in [0.29, 0.717) is 0 Å². The molecule has 0 saturated heterocycles. The number of hydrogen-bond acceptors (Lipinski definition) is 4. The van der Waals surface area contributed by atoms with Crippen LogP contribution in [0.1, 0.15) is 53.0 Å². The van der Waals surface area contributed by atoms with Crippen molar-refractivity contribution in [1.82, 2.24) is 9.97 Å². The van der Waals surface area contributed by atoms with E-state index in [0.717, 1.165) is 37.4 Å². The van der Waals surface area contributed by atoms with E-state index < -0.39 is 0 Å². The lowest BCUT2D eigenvalue weighted by molar-refractivity contribution is 0.476. The minimum atomic E-state index is 0.0990. The van der Waals surface area contributed by atoms with E-state index in [9.17, 15) is 0 Å². The molecule has 4 heteroatoms. The second-order valence-corrected chi connectivity index (χ2v) is 4.83. The maximum absolute atomic E-state index is 4.41. The molecule has 0 spiro atoms. The van der Waals surface area contributed by atoms with Crippen LogP contribution in [0.3, 0.4) is 0 Å². The highest BCUT2D eigenvalue weighted by atomic mass is 15.1. The van der Waals surface area contributed by atoms with Gasteiger partial charge in [-0.2, -0.15) is 0 Å². The number of rotatable bonds is 7. The summed E-state index contributed by atoms with van der Waals surface area (Å²) in [5.41, 5.74) is 1.27. The summed E-state index contributed by atoms with van der Waals surface area (Å²) in [5, 5.41) is 6.88. The molecular weight excluding hydrogens is 224 g/mol. The molecule has 0 saturated carbocycles. The van der Waals surface area contributed by atoms with Crippen molar-refractivity contribution < 1.29 is 0 Å². The molecule has 0 aromatic carbocycles. The van der Waals surface area contributed by atoms with E-state index in [1.165, 1.54) is 5.56 Å². The van der Waals surface area contributed by atoms with Gasteiger partial charge >= 0.3 is 0 Å². The van der Waals surface area contributed by atoms with E-state index in [2.05, 4.69) is 55.2 Å². The lowest BCUT2D eigenvalue weighted by Gasteiger charge is -2.30. The van der Waals surface area contributed by atoms with Gasteiger partial charge in [0.15, 0.2) is 0 Å². The van der Waals surface area contributed by atoms with Crippen molar-refractivity contribution in [2.75, 3.05) is 17.2 Å². The van der Waals surface area contributed by atoms with Gasteiger partial charge in [-0.3, -0.25) is 0 Å². The standard InChI is InChI=1S/C14H26N4/c1-6-11-12(15-9-4)16-10-17-13(11)18-14(5,7-2)8-3/h10H,6-9H2,1-5H3,(H2,15,16,17,18). The Kier molecular flexibility index (Phi) is 5.38. The molecule has 1 aromatic rings. The smallest absolute Gasteiger partial charge is 0.135 e. The van der Waals surface area contributed by atoms with Crippen molar-refractivity contribution in [2.45, 2.75) is 59.4 Å². The largest absolute Gasteiger partial charge is 0.370 e. The molecule has 0 aliphatic rings. The van der Waals surface area contributed by atoms with Crippen LogP contribution in [-0.2, 0) is 6.42 Å². The van der Waals surface area contributed by atoms with Gasteiger partial charge in [-0.05, 0) is 33.1 Å². The van der Waals surface area contributed by atoms with Gasteiger partial charge in [0.05, 0.1) is 0 Å². The monoisotopic (exact) mass is 250 g/mol. The van der Waals surface area contributed by atoms with E-state index in [4.69, 9.17) is 0 Å². The fraction of sp³-hybridized carbons (Fsp3) is 0.714.